The van der Waals surface area contributed by atoms with E-state index in [2.05, 4.69) is 16.2 Å². The Kier molecular flexibility index (Phi) is 8.63. The maximum absolute atomic E-state index is 13.0. The largest absolute Gasteiger partial charge is 0.346 e. The van der Waals surface area contributed by atoms with Crippen molar-refractivity contribution in [1.82, 2.24) is 21.1 Å². The van der Waals surface area contributed by atoms with E-state index >= 15 is 0 Å². The van der Waals surface area contributed by atoms with Crippen molar-refractivity contribution in [2.24, 2.45) is 5.73 Å². The summed E-state index contributed by atoms with van der Waals surface area (Å²) in [6.45, 7) is 0.559. The first-order valence-corrected chi connectivity index (χ1v) is 9.47. The molecule has 0 bridgehead atoms. The van der Waals surface area contributed by atoms with Crippen LogP contribution in [0.2, 0.25) is 0 Å². The molecular formula is C19H30FN5O2. The van der Waals surface area contributed by atoms with E-state index in [0.29, 0.717) is 12.6 Å². The highest BCUT2D eigenvalue weighted by Crippen LogP contribution is 2.24. The fourth-order valence-corrected chi connectivity index (χ4v) is 3.15. The number of hydrazine groups is 1. The maximum atomic E-state index is 13.0. The van der Waals surface area contributed by atoms with Crippen LogP contribution in [-0.2, 0) is 9.59 Å². The average molecular weight is 379 g/mol. The molecule has 8 heteroatoms. The number of hydrogen-bond donors (Lipinski definition) is 4. The molecule has 2 amide bonds. The molecule has 1 aliphatic rings. The van der Waals surface area contributed by atoms with Gasteiger partial charge >= 0.3 is 0 Å². The molecular weight excluding hydrogens is 349 g/mol. The number of halogens is 1. The van der Waals surface area contributed by atoms with Gasteiger partial charge in [0.15, 0.2) is 0 Å². The summed E-state index contributed by atoms with van der Waals surface area (Å²) < 4.78 is 13.0. The Labute approximate surface area is 159 Å². The van der Waals surface area contributed by atoms with Crippen LogP contribution in [0.15, 0.2) is 24.3 Å². The number of nitrogens with zero attached hydrogens (tertiary/aromatic N) is 1. The van der Waals surface area contributed by atoms with Gasteiger partial charge in [-0.1, -0.05) is 25.0 Å². The SMILES string of the molecule is CN(CCCCCC1CC(c2ccc(F)cc2)NN1)C(=O)CNC(=O)CN. The normalized spacial score (nSPS) is 19.1. The fourth-order valence-electron chi connectivity index (χ4n) is 3.15. The molecule has 0 aliphatic carbocycles. The second-order valence-corrected chi connectivity index (χ2v) is 6.97. The summed E-state index contributed by atoms with van der Waals surface area (Å²) in [5.74, 6) is -0.652. The predicted molar refractivity (Wildman–Crippen MR) is 102 cm³/mol. The molecule has 2 atom stereocenters. The van der Waals surface area contributed by atoms with Crippen LogP contribution < -0.4 is 21.9 Å². The fraction of sp³-hybridized carbons (Fsp3) is 0.579. The molecule has 1 aliphatic heterocycles. The van der Waals surface area contributed by atoms with Gasteiger partial charge in [-0.15, -0.1) is 0 Å². The quantitative estimate of drug-likeness (QED) is 0.451. The summed E-state index contributed by atoms with van der Waals surface area (Å²) in [7, 11) is 1.74. The number of carbonyl (C=O) groups excluding carboxylic acids is 2. The number of amides is 2. The summed E-state index contributed by atoms with van der Waals surface area (Å²) >= 11 is 0. The lowest BCUT2D eigenvalue weighted by Gasteiger charge is -2.17. The molecule has 0 spiro atoms. The van der Waals surface area contributed by atoms with Gasteiger partial charge in [0.05, 0.1) is 13.1 Å². The van der Waals surface area contributed by atoms with Crippen molar-refractivity contribution in [2.45, 2.75) is 44.2 Å². The summed E-state index contributed by atoms with van der Waals surface area (Å²) in [6.07, 6.45) is 5.06. The lowest BCUT2D eigenvalue weighted by Crippen LogP contribution is -2.40. The maximum Gasteiger partial charge on any atom is 0.241 e. The summed E-state index contributed by atoms with van der Waals surface area (Å²) in [4.78, 5) is 24.6. The summed E-state index contributed by atoms with van der Waals surface area (Å²) in [5.41, 5.74) is 12.9. The van der Waals surface area contributed by atoms with Crippen LogP contribution in [0, 0.1) is 5.82 Å². The lowest BCUT2D eigenvalue weighted by molar-refractivity contribution is -0.131. The number of rotatable bonds is 10. The smallest absolute Gasteiger partial charge is 0.241 e. The zero-order valence-electron chi connectivity index (χ0n) is 15.8. The highest BCUT2D eigenvalue weighted by Gasteiger charge is 2.24. The molecule has 1 fully saturated rings. The molecule has 1 aromatic rings. The third kappa shape index (κ3) is 7.24. The van der Waals surface area contributed by atoms with Crippen LogP contribution in [0.25, 0.3) is 0 Å². The summed E-state index contributed by atoms with van der Waals surface area (Å²) in [5, 5.41) is 2.48. The van der Waals surface area contributed by atoms with Crippen LogP contribution in [0.1, 0.15) is 43.7 Å². The van der Waals surface area contributed by atoms with Crippen LogP contribution in [-0.4, -0.2) is 49.4 Å². The van der Waals surface area contributed by atoms with E-state index in [1.807, 2.05) is 12.1 Å². The van der Waals surface area contributed by atoms with Gasteiger partial charge in [0, 0.05) is 25.7 Å². The van der Waals surface area contributed by atoms with Gasteiger partial charge in [-0.05, 0) is 37.0 Å². The van der Waals surface area contributed by atoms with E-state index in [9.17, 15) is 14.0 Å². The van der Waals surface area contributed by atoms with Gasteiger partial charge in [0.2, 0.25) is 11.8 Å². The number of carbonyl (C=O) groups is 2. The first kappa shape index (κ1) is 21.3. The van der Waals surface area contributed by atoms with Gasteiger partial charge in [0.1, 0.15) is 5.82 Å². The number of benzene rings is 1. The molecule has 1 aromatic carbocycles. The third-order valence-corrected chi connectivity index (χ3v) is 4.85. The molecule has 2 rings (SSSR count). The molecule has 5 N–H and O–H groups in total. The van der Waals surface area contributed by atoms with E-state index in [1.54, 1.807) is 11.9 Å². The Morgan fingerprint density at radius 1 is 1.22 bits per heavy atom. The van der Waals surface area contributed by atoms with E-state index in [4.69, 9.17) is 5.73 Å². The van der Waals surface area contributed by atoms with Crippen LogP contribution >= 0.6 is 0 Å². The number of nitrogens with two attached hydrogens (primary N) is 1. The Morgan fingerprint density at radius 3 is 2.67 bits per heavy atom. The van der Waals surface area contributed by atoms with Crippen molar-refractivity contribution in [3.63, 3.8) is 0 Å². The molecule has 1 heterocycles. The highest BCUT2D eigenvalue weighted by molar-refractivity contribution is 5.85. The Hall–Kier alpha value is -2.03. The van der Waals surface area contributed by atoms with E-state index < -0.39 is 0 Å². The molecule has 2 unspecified atom stereocenters. The van der Waals surface area contributed by atoms with Gasteiger partial charge in [-0.3, -0.25) is 20.4 Å². The third-order valence-electron chi connectivity index (χ3n) is 4.85. The van der Waals surface area contributed by atoms with Crippen molar-refractivity contribution in [3.05, 3.63) is 35.6 Å². The standard InChI is InChI=1S/C19H30FN5O2/c1-25(19(27)13-22-18(26)12-21)10-4-2-3-5-16-11-17(24-23-16)14-6-8-15(20)9-7-14/h6-9,16-17,23-24H,2-5,10-13,21H2,1H3,(H,22,26). The molecule has 27 heavy (non-hydrogen) atoms. The van der Waals surface area contributed by atoms with Crippen molar-refractivity contribution in [3.8, 4) is 0 Å². The number of hydrogen-bond acceptors (Lipinski definition) is 5. The zero-order chi connectivity index (χ0) is 19.6. The topological polar surface area (TPSA) is 99.5 Å². The van der Waals surface area contributed by atoms with E-state index in [1.165, 1.54) is 12.1 Å². The van der Waals surface area contributed by atoms with Crippen LogP contribution in [0.5, 0.6) is 0 Å². The zero-order valence-corrected chi connectivity index (χ0v) is 15.8. The van der Waals surface area contributed by atoms with Gasteiger partial charge < -0.3 is 16.0 Å². The van der Waals surface area contributed by atoms with Crippen LogP contribution in [0.3, 0.4) is 0 Å². The Bertz CT molecular complexity index is 611. The second kappa shape index (κ2) is 11.0. The van der Waals surface area contributed by atoms with Crippen molar-refractivity contribution in [2.75, 3.05) is 26.7 Å². The predicted octanol–water partition coefficient (Wildman–Crippen LogP) is 0.827. The minimum atomic E-state index is -0.326. The van der Waals surface area contributed by atoms with Crippen molar-refractivity contribution >= 4 is 11.8 Å². The lowest BCUT2D eigenvalue weighted by atomic mass is 9.99. The average Bonchev–Trinajstić information content (AvgIpc) is 3.14. The molecule has 7 nitrogen and oxygen atoms in total. The molecule has 0 radical (unpaired) electrons. The minimum absolute atomic E-state index is 0.00499. The highest BCUT2D eigenvalue weighted by atomic mass is 19.1. The van der Waals surface area contributed by atoms with Gasteiger partial charge in [-0.2, -0.15) is 0 Å². The molecule has 150 valence electrons. The van der Waals surface area contributed by atoms with Crippen molar-refractivity contribution in [1.29, 1.82) is 0 Å². The Balaban J connectivity index is 1.56. The van der Waals surface area contributed by atoms with Crippen LogP contribution in [0.4, 0.5) is 4.39 Å². The van der Waals surface area contributed by atoms with Gasteiger partial charge in [-0.25, -0.2) is 4.39 Å². The first-order valence-electron chi connectivity index (χ1n) is 9.47. The molecule has 1 saturated heterocycles. The van der Waals surface area contributed by atoms with Crippen molar-refractivity contribution < 1.29 is 14.0 Å². The Morgan fingerprint density at radius 2 is 1.96 bits per heavy atom. The molecule has 0 saturated carbocycles. The van der Waals surface area contributed by atoms with E-state index in [0.717, 1.165) is 37.7 Å². The number of unbranched alkanes of at least 4 members (excludes halogenated alkanes) is 2. The summed E-state index contributed by atoms with van der Waals surface area (Å²) in [6, 6.07) is 7.22. The van der Waals surface area contributed by atoms with Gasteiger partial charge in [0.25, 0.3) is 0 Å². The van der Waals surface area contributed by atoms with E-state index in [-0.39, 0.29) is 36.8 Å². The number of likely N-dealkylation sites (N-methyl/N-ethyl adjacent to an activating group) is 1. The number of nitrogens with one attached hydrogen (secondary N) is 3. The second-order valence-electron chi connectivity index (χ2n) is 6.97. The minimum Gasteiger partial charge on any atom is -0.346 e. The monoisotopic (exact) mass is 379 g/mol. The molecule has 0 aromatic heterocycles. The first-order chi connectivity index (χ1) is 13.0.